The molecule has 0 atom stereocenters. The minimum atomic E-state index is -0.692. The van der Waals surface area contributed by atoms with Crippen molar-refractivity contribution in [2.24, 2.45) is 0 Å². The molecule has 0 bridgehead atoms. The molecule has 1 N–H and O–H groups in total. The van der Waals surface area contributed by atoms with Crippen molar-refractivity contribution in [2.45, 2.75) is 32.8 Å². The highest BCUT2D eigenvalue weighted by Crippen LogP contribution is 2.18. The molecule has 0 heterocycles. The van der Waals surface area contributed by atoms with E-state index in [0.29, 0.717) is 0 Å². The molecule has 0 rings (SSSR count). The summed E-state index contributed by atoms with van der Waals surface area (Å²) in [6, 6.07) is 0. The quantitative estimate of drug-likeness (QED) is 0.596. The lowest BCUT2D eigenvalue weighted by atomic mass is 9.96. The molecule has 1 nitrogen and oxygen atoms in total. The first-order chi connectivity index (χ1) is 4.52. The average Bonchev–Trinajstić information content (AvgIpc) is 1.80. The molecule has 0 aliphatic heterocycles. The van der Waals surface area contributed by atoms with Crippen LogP contribution in [0, 0.1) is 0 Å². The molecule has 0 unspecified atom stereocenters. The first kappa shape index (κ1) is 9.44. The molecule has 0 radical (unpaired) electrons. The summed E-state index contributed by atoms with van der Waals surface area (Å²) in [4.78, 5) is 0. The van der Waals surface area contributed by atoms with Gasteiger partial charge in [0.15, 0.2) is 0 Å². The van der Waals surface area contributed by atoms with Crippen LogP contribution in [0.2, 0.25) is 0 Å². The highest BCUT2D eigenvalue weighted by atomic mass is 16.3. The van der Waals surface area contributed by atoms with Crippen LogP contribution in [-0.2, 0) is 0 Å². The van der Waals surface area contributed by atoms with E-state index in [2.05, 4.69) is 6.58 Å². The second kappa shape index (κ2) is 3.57. The monoisotopic (exact) mass is 140 g/mol. The van der Waals surface area contributed by atoms with Gasteiger partial charge in [-0.15, -0.1) is 0 Å². The summed E-state index contributed by atoms with van der Waals surface area (Å²) in [5.74, 6) is 0. The molecular formula is C9H16O. The standard InChI is InChI=1S/C9H16O/c1-5-7-8(6-2)9(3,4)10/h5,7,10H,1,6H2,2-4H3. The first-order valence-electron chi connectivity index (χ1n) is 3.56. The molecule has 58 valence electrons. The van der Waals surface area contributed by atoms with Crippen LogP contribution in [0.25, 0.3) is 0 Å². The molecule has 0 aliphatic rings. The molecular weight excluding hydrogens is 124 g/mol. The molecule has 0 aromatic heterocycles. The zero-order chi connectivity index (χ0) is 8.20. The van der Waals surface area contributed by atoms with E-state index < -0.39 is 5.60 Å². The van der Waals surface area contributed by atoms with E-state index in [1.807, 2.05) is 13.0 Å². The van der Waals surface area contributed by atoms with Crippen LogP contribution in [0.1, 0.15) is 27.2 Å². The summed E-state index contributed by atoms with van der Waals surface area (Å²) in [6.07, 6.45) is 4.44. The molecule has 0 saturated heterocycles. The third-order valence-electron chi connectivity index (χ3n) is 1.49. The fraction of sp³-hybridized carbons (Fsp3) is 0.556. The molecule has 1 heteroatoms. The van der Waals surface area contributed by atoms with Gasteiger partial charge in [-0.3, -0.25) is 0 Å². The van der Waals surface area contributed by atoms with Gasteiger partial charge in [0, 0.05) is 0 Å². The van der Waals surface area contributed by atoms with Gasteiger partial charge in [0.25, 0.3) is 0 Å². The number of aliphatic hydroxyl groups is 1. The average molecular weight is 140 g/mol. The van der Waals surface area contributed by atoms with E-state index in [1.54, 1.807) is 19.9 Å². The summed E-state index contributed by atoms with van der Waals surface area (Å²) in [5, 5.41) is 9.49. The van der Waals surface area contributed by atoms with E-state index >= 15 is 0 Å². The van der Waals surface area contributed by atoms with E-state index in [4.69, 9.17) is 0 Å². The fourth-order valence-corrected chi connectivity index (χ4v) is 0.897. The number of allylic oxidation sites excluding steroid dienone is 2. The lowest BCUT2D eigenvalue weighted by molar-refractivity contribution is 0.116. The maximum absolute atomic E-state index is 9.49. The van der Waals surface area contributed by atoms with Crippen molar-refractivity contribution in [3.8, 4) is 0 Å². The summed E-state index contributed by atoms with van der Waals surface area (Å²) in [5.41, 5.74) is 0.325. The highest BCUT2D eigenvalue weighted by molar-refractivity contribution is 5.18. The Hall–Kier alpha value is -0.560. The second-order valence-electron chi connectivity index (χ2n) is 2.84. The van der Waals surface area contributed by atoms with Crippen molar-refractivity contribution < 1.29 is 5.11 Å². The van der Waals surface area contributed by atoms with Crippen LogP contribution in [-0.4, -0.2) is 10.7 Å². The SMILES string of the molecule is C=CC=C(CC)C(C)(C)O. The molecule has 0 fully saturated rings. The van der Waals surface area contributed by atoms with Crippen LogP contribution in [0.4, 0.5) is 0 Å². The maximum Gasteiger partial charge on any atom is 0.0803 e. The third-order valence-corrected chi connectivity index (χ3v) is 1.49. The Morgan fingerprint density at radius 3 is 2.20 bits per heavy atom. The molecule has 0 aliphatic carbocycles. The van der Waals surface area contributed by atoms with Gasteiger partial charge in [-0.25, -0.2) is 0 Å². The Morgan fingerprint density at radius 1 is 1.60 bits per heavy atom. The molecule has 0 aromatic carbocycles. The van der Waals surface area contributed by atoms with Crippen LogP contribution in [0.5, 0.6) is 0 Å². The summed E-state index contributed by atoms with van der Waals surface area (Å²) < 4.78 is 0. The fourth-order valence-electron chi connectivity index (χ4n) is 0.897. The van der Waals surface area contributed by atoms with Gasteiger partial charge in [-0.2, -0.15) is 0 Å². The molecule has 0 aromatic rings. The number of rotatable bonds is 3. The van der Waals surface area contributed by atoms with Gasteiger partial charge in [0.1, 0.15) is 0 Å². The normalized spacial score (nSPS) is 13.4. The Morgan fingerprint density at radius 2 is 2.10 bits per heavy atom. The van der Waals surface area contributed by atoms with Crippen molar-refractivity contribution >= 4 is 0 Å². The first-order valence-corrected chi connectivity index (χ1v) is 3.56. The van der Waals surface area contributed by atoms with Crippen molar-refractivity contribution in [3.05, 3.63) is 24.3 Å². The van der Waals surface area contributed by atoms with Crippen LogP contribution >= 0.6 is 0 Å². The minimum absolute atomic E-state index is 0.692. The van der Waals surface area contributed by atoms with E-state index in [0.717, 1.165) is 12.0 Å². The minimum Gasteiger partial charge on any atom is -0.386 e. The topological polar surface area (TPSA) is 20.2 Å². The van der Waals surface area contributed by atoms with Gasteiger partial charge in [0.2, 0.25) is 0 Å². The van der Waals surface area contributed by atoms with E-state index in [9.17, 15) is 5.11 Å². The lowest BCUT2D eigenvalue weighted by Crippen LogP contribution is -2.21. The highest BCUT2D eigenvalue weighted by Gasteiger charge is 2.15. The number of hydrogen-bond acceptors (Lipinski definition) is 1. The zero-order valence-electron chi connectivity index (χ0n) is 7.02. The Kier molecular flexibility index (Phi) is 3.37. The van der Waals surface area contributed by atoms with Crippen LogP contribution < -0.4 is 0 Å². The summed E-state index contributed by atoms with van der Waals surface area (Å²) >= 11 is 0. The molecule has 0 saturated carbocycles. The van der Waals surface area contributed by atoms with Gasteiger partial charge >= 0.3 is 0 Å². The molecule has 0 spiro atoms. The molecule has 0 amide bonds. The van der Waals surface area contributed by atoms with Crippen LogP contribution in [0.3, 0.4) is 0 Å². The predicted octanol–water partition coefficient (Wildman–Crippen LogP) is 2.28. The summed E-state index contributed by atoms with van der Waals surface area (Å²) in [7, 11) is 0. The lowest BCUT2D eigenvalue weighted by Gasteiger charge is -2.19. The Bertz CT molecular complexity index is 137. The Balaban J connectivity index is 4.35. The van der Waals surface area contributed by atoms with Crippen molar-refractivity contribution in [1.29, 1.82) is 0 Å². The number of hydrogen-bond donors (Lipinski definition) is 1. The predicted molar refractivity (Wildman–Crippen MR) is 44.9 cm³/mol. The third kappa shape index (κ3) is 2.83. The second-order valence-corrected chi connectivity index (χ2v) is 2.84. The largest absolute Gasteiger partial charge is 0.386 e. The zero-order valence-corrected chi connectivity index (χ0v) is 7.02. The van der Waals surface area contributed by atoms with Gasteiger partial charge in [-0.05, 0) is 25.8 Å². The van der Waals surface area contributed by atoms with Crippen molar-refractivity contribution in [1.82, 2.24) is 0 Å². The van der Waals surface area contributed by atoms with Crippen molar-refractivity contribution in [2.75, 3.05) is 0 Å². The molecule has 10 heavy (non-hydrogen) atoms. The Labute approximate surface area is 63.1 Å². The smallest absolute Gasteiger partial charge is 0.0803 e. The van der Waals surface area contributed by atoms with Gasteiger partial charge in [-0.1, -0.05) is 25.7 Å². The summed E-state index contributed by atoms with van der Waals surface area (Å²) in [6.45, 7) is 9.16. The van der Waals surface area contributed by atoms with Gasteiger partial charge < -0.3 is 5.11 Å². The maximum atomic E-state index is 9.49. The van der Waals surface area contributed by atoms with E-state index in [-0.39, 0.29) is 0 Å². The van der Waals surface area contributed by atoms with E-state index in [1.165, 1.54) is 0 Å². The van der Waals surface area contributed by atoms with Crippen LogP contribution in [0.15, 0.2) is 24.3 Å². The van der Waals surface area contributed by atoms with Crippen molar-refractivity contribution in [3.63, 3.8) is 0 Å². The van der Waals surface area contributed by atoms with Gasteiger partial charge in [0.05, 0.1) is 5.60 Å².